The lowest BCUT2D eigenvalue weighted by Crippen LogP contribution is -2.33. The van der Waals surface area contributed by atoms with Crippen LogP contribution in [0.15, 0.2) is 24.3 Å². The van der Waals surface area contributed by atoms with Crippen LogP contribution in [0.5, 0.6) is 0 Å². The van der Waals surface area contributed by atoms with Crippen molar-refractivity contribution in [2.45, 2.75) is 19.4 Å². The molecule has 0 spiro atoms. The molecule has 78 valence electrons. The molecule has 0 aromatic heterocycles. The van der Waals surface area contributed by atoms with E-state index in [-0.39, 0.29) is 0 Å². The molecule has 1 unspecified atom stereocenters. The van der Waals surface area contributed by atoms with E-state index in [4.69, 9.17) is 4.74 Å². The second-order valence-electron chi connectivity index (χ2n) is 3.74. The number of cyclic esters (lactones) is 1. The number of hydrogen-bond acceptors (Lipinski definition) is 3. The number of carbonyl (C=O) groups excluding carboxylic acids is 2. The summed E-state index contributed by atoms with van der Waals surface area (Å²) in [6, 6.07) is 7.32. The van der Waals surface area contributed by atoms with E-state index in [1.54, 1.807) is 19.1 Å². The highest BCUT2D eigenvalue weighted by atomic mass is 16.6. The molecule has 0 bridgehead atoms. The van der Waals surface area contributed by atoms with E-state index in [0.717, 1.165) is 5.56 Å². The van der Waals surface area contributed by atoms with Crippen molar-refractivity contribution in [3.8, 4) is 0 Å². The number of ether oxygens (including phenoxy) is 1. The number of benzene rings is 1. The van der Waals surface area contributed by atoms with Crippen molar-refractivity contribution in [1.29, 1.82) is 0 Å². The Labute approximate surface area is 87.2 Å². The van der Waals surface area contributed by atoms with Crippen molar-refractivity contribution in [2.24, 2.45) is 0 Å². The van der Waals surface area contributed by atoms with Crippen LogP contribution >= 0.6 is 0 Å². The quantitative estimate of drug-likeness (QED) is 0.755. The van der Waals surface area contributed by atoms with E-state index in [1.807, 2.05) is 19.1 Å². The number of alkyl carbamates (subject to hydrolysis) is 1. The lowest BCUT2D eigenvalue weighted by Gasteiger charge is -2.19. The van der Waals surface area contributed by atoms with Gasteiger partial charge in [0.1, 0.15) is 0 Å². The summed E-state index contributed by atoms with van der Waals surface area (Å²) < 4.78 is 4.99. The van der Waals surface area contributed by atoms with Crippen LogP contribution in [-0.4, -0.2) is 12.0 Å². The Kier molecular flexibility index (Phi) is 2.00. The predicted molar refractivity (Wildman–Crippen MR) is 53.2 cm³/mol. The van der Waals surface area contributed by atoms with Crippen LogP contribution in [0.3, 0.4) is 0 Å². The van der Waals surface area contributed by atoms with Gasteiger partial charge in [0.05, 0.1) is 0 Å². The van der Waals surface area contributed by atoms with E-state index in [0.29, 0.717) is 5.56 Å². The first-order valence-electron chi connectivity index (χ1n) is 4.64. The minimum Gasteiger partial charge on any atom is -0.428 e. The van der Waals surface area contributed by atoms with Crippen LogP contribution < -0.4 is 5.32 Å². The fourth-order valence-corrected chi connectivity index (χ4v) is 1.53. The molecule has 1 atom stereocenters. The molecule has 2 amide bonds. The number of amides is 2. The number of carbonyl (C=O) groups is 2. The average Bonchev–Trinajstić information content (AvgIpc) is 2.42. The van der Waals surface area contributed by atoms with E-state index in [2.05, 4.69) is 5.32 Å². The van der Waals surface area contributed by atoms with Gasteiger partial charge in [-0.15, -0.1) is 0 Å². The minimum absolute atomic E-state index is 0.420. The Hall–Kier alpha value is -1.84. The molecular weight excluding hydrogens is 194 g/mol. The van der Waals surface area contributed by atoms with Crippen molar-refractivity contribution >= 4 is 12.0 Å². The van der Waals surface area contributed by atoms with Gasteiger partial charge in [-0.1, -0.05) is 29.8 Å². The molecule has 1 heterocycles. The summed E-state index contributed by atoms with van der Waals surface area (Å²) in [6.07, 6.45) is -0.692. The largest absolute Gasteiger partial charge is 0.428 e. The summed E-state index contributed by atoms with van der Waals surface area (Å²) in [7, 11) is 0. The summed E-state index contributed by atoms with van der Waals surface area (Å²) in [5.74, 6) is -0.420. The van der Waals surface area contributed by atoms with Crippen molar-refractivity contribution in [1.82, 2.24) is 5.32 Å². The normalized spacial score (nSPS) is 24.9. The van der Waals surface area contributed by atoms with E-state index < -0.39 is 17.6 Å². The first-order valence-corrected chi connectivity index (χ1v) is 4.64. The molecule has 1 fully saturated rings. The minimum atomic E-state index is -1.19. The maximum absolute atomic E-state index is 11.5. The summed E-state index contributed by atoms with van der Waals surface area (Å²) in [5, 5.41) is 2.12. The van der Waals surface area contributed by atoms with Crippen molar-refractivity contribution in [3.63, 3.8) is 0 Å². The molecular formula is C11H11NO3. The van der Waals surface area contributed by atoms with Gasteiger partial charge < -0.3 is 4.74 Å². The number of aryl methyl sites for hydroxylation is 1. The zero-order valence-electron chi connectivity index (χ0n) is 8.53. The monoisotopic (exact) mass is 205 g/mol. The zero-order chi connectivity index (χ0) is 11.1. The Morgan fingerprint density at radius 2 is 1.80 bits per heavy atom. The van der Waals surface area contributed by atoms with Crippen LogP contribution in [-0.2, 0) is 15.1 Å². The van der Waals surface area contributed by atoms with Gasteiger partial charge in [-0.3, -0.25) is 10.1 Å². The Bertz CT molecular complexity index is 424. The van der Waals surface area contributed by atoms with Gasteiger partial charge in [0, 0.05) is 5.56 Å². The predicted octanol–water partition coefficient (Wildman–Crippen LogP) is 1.48. The van der Waals surface area contributed by atoms with Gasteiger partial charge in [0.15, 0.2) is 0 Å². The van der Waals surface area contributed by atoms with Gasteiger partial charge in [-0.25, -0.2) is 4.79 Å². The van der Waals surface area contributed by atoms with E-state index in [1.165, 1.54) is 0 Å². The van der Waals surface area contributed by atoms with Gasteiger partial charge in [0.2, 0.25) is 5.60 Å². The molecule has 1 aliphatic heterocycles. The third-order valence-corrected chi connectivity index (χ3v) is 2.55. The maximum Gasteiger partial charge on any atom is 0.415 e. The van der Waals surface area contributed by atoms with Gasteiger partial charge >= 0.3 is 6.09 Å². The third kappa shape index (κ3) is 1.48. The Balaban J connectivity index is 2.41. The first kappa shape index (κ1) is 9.71. The highest BCUT2D eigenvalue weighted by molar-refractivity contribution is 6.03. The van der Waals surface area contributed by atoms with Gasteiger partial charge in [-0.05, 0) is 13.8 Å². The molecule has 0 saturated carbocycles. The molecule has 1 aromatic carbocycles. The summed E-state index contributed by atoms with van der Waals surface area (Å²) in [5.41, 5.74) is 0.577. The van der Waals surface area contributed by atoms with Crippen molar-refractivity contribution in [2.75, 3.05) is 0 Å². The number of nitrogens with one attached hydrogen (secondary N) is 1. The van der Waals surface area contributed by atoms with Crippen LogP contribution in [0, 0.1) is 6.92 Å². The molecule has 4 heteroatoms. The van der Waals surface area contributed by atoms with E-state index >= 15 is 0 Å². The number of imide groups is 1. The SMILES string of the molecule is Cc1ccc(C2(C)OC(=O)NC2=O)cc1. The lowest BCUT2D eigenvalue weighted by atomic mass is 9.95. The maximum atomic E-state index is 11.5. The molecule has 1 saturated heterocycles. The standard InChI is InChI=1S/C11H11NO3/c1-7-3-5-8(6-4-7)11(2)9(13)12-10(14)15-11/h3-6H,1-2H3,(H,12,13,14). The second-order valence-corrected chi connectivity index (χ2v) is 3.74. The lowest BCUT2D eigenvalue weighted by molar-refractivity contribution is -0.130. The Morgan fingerprint density at radius 3 is 2.27 bits per heavy atom. The molecule has 15 heavy (non-hydrogen) atoms. The molecule has 2 rings (SSSR count). The van der Waals surface area contributed by atoms with Crippen LogP contribution in [0.1, 0.15) is 18.1 Å². The van der Waals surface area contributed by atoms with Crippen LogP contribution in [0.2, 0.25) is 0 Å². The molecule has 0 aliphatic carbocycles. The highest BCUT2D eigenvalue weighted by Crippen LogP contribution is 2.29. The van der Waals surface area contributed by atoms with Crippen LogP contribution in [0.25, 0.3) is 0 Å². The average molecular weight is 205 g/mol. The topological polar surface area (TPSA) is 55.4 Å². The number of hydrogen-bond donors (Lipinski definition) is 1. The summed E-state index contributed by atoms with van der Waals surface area (Å²) in [6.45, 7) is 3.53. The molecule has 1 aliphatic rings. The fraction of sp³-hybridized carbons (Fsp3) is 0.273. The van der Waals surface area contributed by atoms with Crippen LogP contribution in [0.4, 0.5) is 4.79 Å². The summed E-state index contributed by atoms with van der Waals surface area (Å²) in [4.78, 5) is 22.5. The van der Waals surface area contributed by atoms with Gasteiger partial charge in [0.25, 0.3) is 5.91 Å². The molecule has 1 aromatic rings. The second kappa shape index (κ2) is 3.08. The fourth-order valence-electron chi connectivity index (χ4n) is 1.53. The van der Waals surface area contributed by atoms with Gasteiger partial charge in [-0.2, -0.15) is 0 Å². The summed E-state index contributed by atoms with van der Waals surface area (Å²) >= 11 is 0. The van der Waals surface area contributed by atoms with Crippen molar-refractivity contribution in [3.05, 3.63) is 35.4 Å². The van der Waals surface area contributed by atoms with E-state index in [9.17, 15) is 9.59 Å². The molecule has 0 radical (unpaired) electrons. The molecule has 1 N–H and O–H groups in total. The zero-order valence-corrected chi connectivity index (χ0v) is 8.53. The Morgan fingerprint density at radius 1 is 1.20 bits per heavy atom. The van der Waals surface area contributed by atoms with Crippen molar-refractivity contribution < 1.29 is 14.3 Å². The molecule has 4 nitrogen and oxygen atoms in total. The first-order chi connectivity index (χ1) is 7.02. The highest BCUT2D eigenvalue weighted by Gasteiger charge is 2.46. The smallest absolute Gasteiger partial charge is 0.415 e. The number of rotatable bonds is 1. The third-order valence-electron chi connectivity index (χ3n) is 2.55.